The molecule has 0 saturated heterocycles. The second-order valence-electron chi connectivity index (χ2n) is 4.32. The summed E-state index contributed by atoms with van der Waals surface area (Å²) in [5, 5.41) is 2.83. The largest absolute Gasteiger partial charge is 0.354 e. The second kappa shape index (κ2) is 6.66. The van der Waals surface area contributed by atoms with Crippen LogP contribution < -0.4 is 11.1 Å². The Labute approximate surface area is 112 Å². The zero-order chi connectivity index (χ0) is 13.5. The Morgan fingerprint density at radius 3 is 2.58 bits per heavy atom. The van der Waals surface area contributed by atoms with E-state index >= 15 is 0 Å². The van der Waals surface area contributed by atoms with Crippen LogP contribution in [0.15, 0.2) is 54.7 Å². The van der Waals surface area contributed by atoms with Gasteiger partial charge < -0.3 is 11.1 Å². The van der Waals surface area contributed by atoms with Gasteiger partial charge in [0.1, 0.15) is 0 Å². The van der Waals surface area contributed by atoms with E-state index in [1.807, 2.05) is 48.5 Å². The lowest BCUT2D eigenvalue weighted by atomic mass is 10.1. The van der Waals surface area contributed by atoms with Gasteiger partial charge >= 0.3 is 0 Å². The van der Waals surface area contributed by atoms with Gasteiger partial charge in [0.25, 0.3) is 0 Å². The summed E-state index contributed by atoms with van der Waals surface area (Å²) < 4.78 is 0. The smallest absolute Gasteiger partial charge is 0.226 e. The van der Waals surface area contributed by atoms with Crippen molar-refractivity contribution in [1.82, 2.24) is 10.3 Å². The van der Waals surface area contributed by atoms with E-state index in [2.05, 4.69) is 10.3 Å². The van der Waals surface area contributed by atoms with Gasteiger partial charge in [-0.05, 0) is 17.7 Å². The highest BCUT2D eigenvalue weighted by Crippen LogP contribution is 2.07. The molecule has 2 aromatic rings. The highest BCUT2D eigenvalue weighted by atomic mass is 16.1. The van der Waals surface area contributed by atoms with E-state index in [0.717, 1.165) is 11.3 Å². The molecule has 1 heterocycles. The number of aromatic nitrogens is 1. The molecule has 98 valence electrons. The fourth-order valence-corrected chi connectivity index (χ4v) is 1.77. The molecule has 1 aromatic carbocycles. The molecule has 0 aliphatic heterocycles. The molecule has 3 N–H and O–H groups in total. The molecule has 1 unspecified atom stereocenters. The Hall–Kier alpha value is -2.20. The summed E-state index contributed by atoms with van der Waals surface area (Å²) in [6.45, 7) is 0.426. The van der Waals surface area contributed by atoms with Crippen LogP contribution in [0.5, 0.6) is 0 Å². The number of hydrogen-bond acceptors (Lipinski definition) is 3. The van der Waals surface area contributed by atoms with Crippen LogP contribution in [0, 0.1) is 0 Å². The summed E-state index contributed by atoms with van der Waals surface area (Å²) in [7, 11) is 0. The average Bonchev–Trinajstić information content (AvgIpc) is 2.47. The number of carbonyl (C=O) groups excluding carboxylic acids is 1. The first kappa shape index (κ1) is 13.2. The maximum absolute atomic E-state index is 11.7. The van der Waals surface area contributed by atoms with Gasteiger partial charge in [0.05, 0.1) is 6.42 Å². The number of nitrogens with zero attached hydrogens (tertiary/aromatic N) is 1. The van der Waals surface area contributed by atoms with E-state index in [0.29, 0.717) is 6.54 Å². The maximum atomic E-state index is 11.7. The van der Waals surface area contributed by atoms with Crippen molar-refractivity contribution in [2.75, 3.05) is 6.54 Å². The number of nitrogens with two attached hydrogens (primary N) is 1. The Bertz CT molecular complexity index is 513. The molecule has 0 aliphatic rings. The lowest BCUT2D eigenvalue weighted by Gasteiger charge is -2.13. The lowest BCUT2D eigenvalue weighted by molar-refractivity contribution is -0.120. The Balaban J connectivity index is 1.81. The van der Waals surface area contributed by atoms with E-state index in [1.165, 1.54) is 0 Å². The highest BCUT2D eigenvalue weighted by molar-refractivity contribution is 5.78. The SMILES string of the molecule is NC(CNC(=O)Cc1ccccn1)c1ccccc1. The minimum Gasteiger partial charge on any atom is -0.354 e. The molecule has 4 heteroatoms. The zero-order valence-corrected chi connectivity index (χ0v) is 10.6. The van der Waals surface area contributed by atoms with E-state index in [4.69, 9.17) is 5.73 Å². The van der Waals surface area contributed by atoms with Crippen molar-refractivity contribution in [3.8, 4) is 0 Å². The quantitative estimate of drug-likeness (QED) is 0.849. The molecule has 2 rings (SSSR count). The normalized spacial score (nSPS) is 11.8. The molecule has 0 spiro atoms. The molecule has 0 saturated carbocycles. The van der Waals surface area contributed by atoms with Gasteiger partial charge in [-0.25, -0.2) is 0 Å². The Kier molecular flexibility index (Phi) is 4.64. The highest BCUT2D eigenvalue weighted by Gasteiger charge is 2.08. The Morgan fingerprint density at radius 2 is 1.89 bits per heavy atom. The number of hydrogen-bond donors (Lipinski definition) is 2. The van der Waals surface area contributed by atoms with E-state index < -0.39 is 0 Å². The van der Waals surface area contributed by atoms with Crippen molar-refractivity contribution in [2.24, 2.45) is 5.73 Å². The first-order valence-corrected chi connectivity index (χ1v) is 6.23. The van der Waals surface area contributed by atoms with Crippen molar-refractivity contribution in [3.63, 3.8) is 0 Å². The van der Waals surface area contributed by atoms with Crippen molar-refractivity contribution in [2.45, 2.75) is 12.5 Å². The molecule has 1 atom stereocenters. The minimum atomic E-state index is -0.186. The van der Waals surface area contributed by atoms with Gasteiger partial charge in [-0.15, -0.1) is 0 Å². The number of pyridine rings is 1. The summed E-state index contributed by atoms with van der Waals surface area (Å²) in [5.74, 6) is -0.0647. The van der Waals surface area contributed by atoms with Crippen LogP contribution >= 0.6 is 0 Å². The number of carbonyl (C=O) groups is 1. The maximum Gasteiger partial charge on any atom is 0.226 e. The van der Waals surface area contributed by atoms with Crippen molar-refractivity contribution in [1.29, 1.82) is 0 Å². The van der Waals surface area contributed by atoms with E-state index in [-0.39, 0.29) is 18.4 Å². The molecule has 0 aliphatic carbocycles. The number of rotatable bonds is 5. The van der Waals surface area contributed by atoms with Gasteiger partial charge in [0, 0.05) is 24.5 Å². The topological polar surface area (TPSA) is 68.0 Å². The first-order valence-electron chi connectivity index (χ1n) is 6.23. The predicted octanol–water partition coefficient (Wildman–Crippen LogP) is 1.44. The summed E-state index contributed by atoms with van der Waals surface area (Å²) >= 11 is 0. The van der Waals surface area contributed by atoms with Gasteiger partial charge in [0.2, 0.25) is 5.91 Å². The first-order chi connectivity index (χ1) is 9.25. The molecule has 4 nitrogen and oxygen atoms in total. The fraction of sp³-hybridized carbons (Fsp3) is 0.200. The molecule has 0 fully saturated rings. The lowest BCUT2D eigenvalue weighted by Crippen LogP contribution is -2.33. The van der Waals surface area contributed by atoms with Crippen molar-refractivity contribution < 1.29 is 4.79 Å². The molecular weight excluding hydrogens is 238 g/mol. The summed E-state index contributed by atoms with van der Waals surface area (Å²) in [6.07, 6.45) is 1.96. The van der Waals surface area contributed by atoms with Crippen LogP contribution in [-0.4, -0.2) is 17.4 Å². The number of nitrogens with one attached hydrogen (secondary N) is 1. The van der Waals surface area contributed by atoms with Crippen LogP contribution in [0.1, 0.15) is 17.3 Å². The number of benzene rings is 1. The molecule has 0 bridgehead atoms. The third kappa shape index (κ3) is 4.19. The summed E-state index contributed by atoms with van der Waals surface area (Å²) in [6, 6.07) is 15.1. The standard InChI is InChI=1S/C15H17N3O/c16-14(12-6-2-1-3-7-12)11-18-15(19)10-13-8-4-5-9-17-13/h1-9,14H,10-11,16H2,(H,18,19). The van der Waals surface area contributed by atoms with Gasteiger partial charge in [-0.2, -0.15) is 0 Å². The van der Waals surface area contributed by atoms with Crippen LogP contribution in [0.25, 0.3) is 0 Å². The molecule has 19 heavy (non-hydrogen) atoms. The average molecular weight is 255 g/mol. The van der Waals surface area contributed by atoms with Crippen LogP contribution in [0.4, 0.5) is 0 Å². The summed E-state index contributed by atoms with van der Waals surface area (Å²) in [4.78, 5) is 15.9. The fourth-order valence-electron chi connectivity index (χ4n) is 1.77. The number of amides is 1. The minimum absolute atomic E-state index is 0.0647. The Morgan fingerprint density at radius 1 is 1.16 bits per heavy atom. The van der Waals surface area contributed by atoms with Crippen LogP contribution in [0.3, 0.4) is 0 Å². The van der Waals surface area contributed by atoms with Gasteiger partial charge in [0.15, 0.2) is 0 Å². The van der Waals surface area contributed by atoms with Crippen molar-refractivity contribution in [3.05, 3.63) is 66.0 Å². The second-order valence-corrected chi connectivity index (χ2v) is 4.32. The van der Waals surface area contributed by atoms with E-state index in [9.17, 15) is 4.79 Å². The van der Waals surface area contributed by atoms with Gasteiger partial charge in [-0.3, -0.25) is 9.78 Å². The third-order valence-electron chi connectivity index (χ3n) is 2.81. The molecular formula is C15H17N3O. The van der Waals surface area contributed by atoms with Crippen molar-refractivity contribution >= 4 is 5.91 Å². The van der Waals surface area contributed by atoms with Crippen LogP contribution in [0.2, 0.25) is 0 Å². The summed E-state index contributed by atoms with van der Waals surface area (Å²) in [5.41, 5.74) is 7.78. The zero-order valence-electron chi connectivity index (χ0n) is 10.6. The molecule has 0 radical (unpaired) electrons. The third-order valence-corrected chi connectivity index (χ3v) is 2.81. The molecule has 1 aromatic heterocycles. The van der Waals surface area contributed by atoms with Crippen LogP contribution in [-0.2, 0) is 11.2 Å². The predicted molar refractivity (Wildman–Crippen MR) is 74.3 cm³/mol. The monoisotopic (exact) mass is 255 g/mol. The van der Waals surface area contributed by atoms with E-state index in [1.54, 1.807) is 6.20 Å². The van der Waals surface area contributed by atoms with Gasteiger partial charge in [-0.1, -0.05) is 36.4 Å². The molecule has 1 amide bonds.